The van der Waals surface area contributed by atoms with Gasteiger partial charge in [0.15, 0.2) is 7.38 Å². The van der Waals surface area contributed by atoms with Gasteiger partial charge >= 0.3 is 0 Å². The molecule has 0 saturated heterocycles. The maximum atomic E-state index is 7.67. The highest BCUT2D eigenvalue weighted by Gasteiger charge is 2.32. The Labute approximate surface area is 220 Å². The van der Waals surface area contributed by atoms with E-state index in [0.717, 1.165) is 18.1 Å². The zero-order valence-electron chi connectivity index (χ0n) is 23.4. The summed E-state index contributed by atoms with van der Waals surface area (Å²) in [5.74, 6) is 0. The van der Waals surface area contributed by atoms with Crippen LogP contribution in [0.4, 0.5) is 0 Å². The van der Waals surface area contributed by atoms with Crippen molar-refractivity contribution in [1.82, 2.24) is 0 Å². The quantitative estimate of drug-likeness (QED) is 0.231. The molecule has 0 aliphatic heterocycles. The largest absolute Gasteiger partial charge is 0.169 e. The molecule has 0 aliphatic carbocycles. The second-order valence-corrected chi connectivity index (χ2v) is 19.3. The van der Waals surface area contributed by atoms with Gasteiger partial charge in [-0.2, -0.15) is 11.1 Å². The summed E-state index contributed by atoms with van der Waals surface area (Å²) in [6.07, 6.45) is 0. The average Bonchev–Trinajstić information content (AvgIpc) is 2.72. The zero-order valence-corrected chi connectivity index (χ0v) is 25.2. The predicted molar refractivity (Wildman–Crippen MR) is 158 cm³/mol. The molecule has 0 spiro atoms. The van der Waals surface area contributed by atoms with Crippen molar-refractivity contribution in [1.29, 1.82) is 0 Å². The van der Waals surface area contributed by atoms with Crippen LogP contribution in [0.1, 0.15) is 95.7 Å². The Kier molecular flexibility index (Phi) is 8.14. The summed E-state index contributed by atoms with van der Waals surface area (Å²) < 4.78 is 0. The minimum atomic E-state index is -2.19. The summed E-state index contributed by atoms with van der Waals surface area (Å²) in [6.45, 7) is 20.4. The lowest BCUT2D eigenvalue weighted by atomic mass is 9.87. The first-order valence-electron chi connectivity index (χ1n) is 13.0. The highest BCUT2D eigenvalue weighted by Crippen LogP contribution is 2.30. The monoisotopic (exact) mass is 504 g/mol. The standard InChI is InChI=1S/C33H45ClSi/c1-31(2,3)28-16-10-25(11-17-28)22-35(34,23-26-12-18-29(19-13-26)32(4,5)6)24-27-14-20-30(21-15-27)33(7,8)9/h10-21H,22-24H2,1-9H3. The Hall–Kier alpha value is -1.83. The summed E-state index contributed by atoms with van der Waals surface area (Å²) in [5.41, 5.74) is 8.69. The highest BCUT2D eigenvalue weighted by atomic mass is 35.6. The van der Waals surface area contributed by atoms with Gasteiger partial charge < -0.3 is 0 Å². The average molecular weight is 505 g/mol. The van der Waals surface area contributed by atoms with Gasteiger partial charge in [-0.1, -0.05) is 135 Å². The van der Waals surface area contributed by atoms with Crippen LogP contribution in [-0.4, -0.2) is 7.38 Å². The molecular formula is C33H45ClSi. The summed E-state index contributed by atoms with van der Waals surface area (Å²) >= 11 is 7.67. The summed E-state index contributed by atoms with van der Waals surface area (Å²) in [4.78, 5) is 0. The van der Waals surface area contributed by atoms with E-state index in [1.54, 1.807) is 0 Å². The number of benzene rings is 3. The van der Waals surface area contributed by atoms with Crippen molar-refractivity contribution in [2.75, 3.05) is 0 Å². The van der Waals surface area contributed by atoms with Crippen molar-refractivity contribution >= 4 is 18.5 Å². The van der Waals surface area contributed by atoms with Gasteiger partial charge in [0.1, 0.15) is 0 Å². The van der Waals surface area contributed by atoms with E-state index in [1.165, 1.54) is 33.4 Å². The molecule has 0 amide bonds. The molecule has 0 atom stereocenters. The lowest BCUT2D eigenvalue weighted by Gasteiger charge is -2.27. The topological polar surface area (TPSA) is 0 Å². The fourth-order valence-corrected chi connectivity index (χ4v) is 9.32. The molecule has 2 heteroatoms. The number of halogens is 1. The van der Waals surface area contributed by atoms with Crippen molar-refractivity contribution < 1.29 is 0 Å². The Morgan fingerprint density at radius 2 is 0.629 bits per heavy atom. The first-order chi connectivity index (χ1) is 16.1. The fourth-order valence-electron chi connectivity index (χ4n) is 4.65. The number of rotatable bonds is 6. The molecular weight excluding hydrogens is 460 g/mol. The summed E-state index contributed by atoms with van der Waals surface area (Å²) in [7, 11) is -2.19. The molecule has 0 aromatic heterocycles. The van der Waals surface area contributed by atoms with Crippen molar-refractivity contribution in [3.63, 3.8) is 0 Å². The molecule has 0 unspecified atom stereocenters. The molecule has 3 rings (SSSR count). The van der Waals surface area contributed by atoms with Gasteiger partial charge in [0.25, 0.3) is 0 Å². The summed E-state index contributed by atoms with van der Waals surface area (Å²) in [6, 6.07) is 30.5. The molecule has 0 fully saturated rings. The molecule has 0 nitrogen and oxygen atoms in total. The van der Waals surface area contributed by atoms with Gasteiger partial charge in [-0.3, -0.25) is 0 Å². The van der Waals surface area contributed by atoms with Gasteiger partial charge in [-0.15, -0.1) is 0 Å². The maximum absolute atomic E-state index is 7.67. The molecule has 0 saturated carbocycles. The Morgan fingerprint density at radius 3 is 0.800 bits per heavy atom. The predicted octanol–water partition coefficient (Wildman–Crippen LogP) is 9.41. The van der Waals surface area contributed by atoms with Crippen molar-refractivity contribution in [3.8, 4) is 0 Å². The molecule has 0 radical (unpaired) electrons. The molecule has 35 heavy (non-hydrogen) atoms. The minimum absolute atomic E-state index is 0.164. The number of hydrogen-bond acceptors (Lipinski definition) is 0. The third-order valence-electron chi connectivity index (χ3n) is 7.02. The van der Waals surface area contributed by atoms with Gasteiger partial charge in [-0.05, 0) is 67.8 Å². The van der Waals surface area contributed by atoms with Crippen LogP contribution in [0.3, 0.4) is 0 Å². The fraction of sp³-hybridized carbons (Fsp3) is 0.455. The maximum Gasteiger partial charge on any atom is 0.169 e. The van der Waals surface area contributed by atoms with E-state index in [0.29, 0.717) is 0 Å². The summed E-state index contributed by atoms with van der Waals surface area (Å²) in [5, 5.41) is 0. The highest BCUT2D eigenvalue weighted by molar-refractivity contribution is 7.19. The van der Waals surface area contributed by atoms with Crippen molar-refractivity contribution in [3.05, 3.63) is 106 Å². The first-order valence-corrected chi connectivity index (χ1v) is 16.7. The van der Waals surface area contributed by atoms with E-state index >= 15 is 0 Å². The Morgan fingerprint density at radius 1 is 0.429 bits per heavy atom. The smallest absolute Gasteiger partial charge is 0.166 e. The SMILES string of the molecule is CC(C)(C)c1ccc(C[Si](Cl)(Cc2ccc(C(C)(C)C)cc2)Cc2ccc(C(C)(C)C)cc2)cc1. The van der Waals surface area contributed by atoms with Gasteiger partial charge in [-0.25, -0.2) is 0 Å². The molecule has 3 aromatic carbocycles. The Balaban J connectivity index is 1.89. The van der Waals surface area contributed by atoms with Crippen LogP contribution >= 0.6 is 11.1 Å². The third-order valence-corrected chi connectivity index (χ3v) is 11.4. The molecule has 0 aliphatic rings. The van der Waals surface area contributed by atoms with Crippen LogP contribution in [0.25, 0.3) is 0 Å². The van der Waals surface area contributed by atoms with Gasteiger partial charge in [0.05, 0.1) is 0 Å². The van der Waals surface area contributed by atoms with Crippen LogP contribution in [0.15, 0.2) is 72.8 Å². The van der Waals surface area contributed by atoms with E-state index in [1.807, 2.05) is 0 Å². The van der Waals surface area contributed by atoms with Crippen molar-refractivity contribution in [2.45, 2.75) is 96.7 Å². The number of hydrogen-bond donors (Lipinski definition) is 0. The first kappa shape index (κ1) is 27.7. The normalized spacial score (nSPS) is 13.2. The lowest BCUT2D eigenvalue weighted by Crippen LogP contribution is -2.38. The van der Waals surface area contributed by atoms with Gasteiger partial charge in [0.2, 0.25) is 0 Å². The van der Waals surface area contributed by atoms with Crippen LogP contribution in [0.5, 0.6) is 0 Å². The van der Waals surface area contributed by atoms with E-state index in [4.69, 9.17) is 11.1 Å². The van der Waals surface area contributed by atoms with Crippen LogP contribution < -0.4 is 0 Å². The third kappa shape index (κ3) is 7.82. The van der Waals surface area contributed by atoms with E-state index < -0.39 is 7.38 Å². The van der Waals surface area contributed by atoms with E-state index in [9.17, 15) is 0 Å². The van der Waals surface area contributed by atoms with E-state index in [-0.39, 0.29) is 16.2 Å². The molecule has 0 bridgehead atoms. The van der Waals surface area contributed by atoms with Crippen LogP contribution in [0, 0.1) is 0 Å². The van der Waals surface area contributed by atoms with Crippen molar-refractivity contribution in [2.24, 2.45) is 0 Å². The zero-order chi connectivity index (χ0) is 26.1. The minimum Gasteiger partial charge on any atom is -0.166 e. The molecule has 0 N–H and O–H groups in total. The van der Waals surface area contributed by atoms with Gasteiger partial charge in [0, 0.05) is 0 Å². The van der Waals surface area contributed by atoms with Crippen LogP contribution in [0.2, 0.25) is 0 Å². The second kappa shape index (κ2) is 10.3. The Bertz CT molecular complexity index is 943. The second-order valence-electron chi connectivity index (χ2n) is 13.5. The van der Waals surface area contributed by atoms with E-state index in [2.05, 4.69) is 135 Å². The molecule has 0 heterocycles. The molecule has 3 aromatic rings. The molecule has 188 valence electrons. The van der Waals surface area contributed by atoms with Crippen LogP contribution in [-0.2, 0) is 34.4 Å². The lowest BCUT2D eigenvalue weighted by molar-refractivity contribution is 0.590.